The summed E-state index contributed by atoms with van der Waals surface area (Å²) < 4.78 is 36.3. The van der Waals surface area contributed by atoms with Crippen molar-refractivity contribution in [3.8, 4) is 34.5 Å². The molecule has 0 spiro atoms. The molecule has 15 nitrogen and oxygen atoms in total. The van der Waals surface area contributed by atoms with Gasteiger partial charge in [0.1, 0.15) is 79.8 Å². The molecule has 0 aliphatic carbocycles. The van der Waals surface area contributed by atoms with Gasteiger partial charge in [-0.25, -0.2) is 4.79 Å². The third kappa shape index (κ3) is 18.1. The van der Waals surface area contributed by atoms with Crippen molar-refractivity contribution < 1.29 is 62.6 Å². The smallest absolute Gasteiger partial charge is 0.341 e. The largest absolute Gasteiger partial charge is 0.489 e. The topological polar surface area (TPSA) is 219 Å². The van der Waals surface area contributed by atoms with E-state index in [1.54, 1.807) is 121 Å². The van der Waals surface area contributed by atoms with Crippen LogP contribution in [0.1, 0.15) is 58.9 Å². The zero-order chi connectivity index (χ0) is 46.8. The second-order valence-corrected chi connectivity index (χ2v) is 13.7. The van der Waals surface area contributed by atoms with Crippen molar-refractivity contribution in [2.24, 2.45) is 5.14 Å². The molecular weight excluding hydrogens is 877 g/mol. The van der Waals surface area contributed by atoms with Crippen LogP contribution in [-0.2, 0) is 42.6 Å². The van der Waals surface area contributed by atoms with E-state index in [9.17, 15) is 24.0 Å². The molecule has 6 aromatic carbocycles. The molecule has 338 valence electrons. The number of aliphatic hydroxyl groups excluding tert-OH is 1. The van der Waals surface area contributed by atoms with Gasteiger partial charge in [-0.15, -0.1) is 12.8 Å². The Morgan fingerprint density at radius 3 is 1.05 bits per heavy atom. The highest BCUT2D eigenvalue weighted by Crippen LogP contribution is 2.24. The zero-order valence-electron chi connectivity index (χ0n) is 34.7. The van der Waals surface area contributed by atoms with Crippen LogP contribution < -0.4 is 38.3 Å². The summed E-state index contributed by atoms with van der Waals surface area (Å²) in [4.78, 5) is 54.6. The van der Waals surface area contributed by atoms with E-state index >= 15 is 0 Å². The number of carbonyl (C=O) groups is 5. The first-order valence-electron chi connectivity index (χ1n) is 19.4. The lowest BCUT2D eigenvalue weighted by molar-refractivity contribution is -0.139. The number of aliphatic hydroxyl groups is 1. The molecule has 0 saturated carbocycles. The van der Waals surface area contributed by atoms with E-state index in [0.29, 0.717) is 51.2 Å². The molecule has 6 rings (SSSR count). The van der Waals surface area contributed by atoms with Crippen molar-refractivity contribution in [1.82, 2.24) is 4.72 Å². The SMILES string of the molecule is NS.O=Cc1ccc(OCc2cc(COc3ccc(C=O)cc3)cc(OCC(=O)O)c2)cc1.O=Cc1ccc(OCc2cc(COc3ccc(CO)cc3)cc(OCC(=O)NS)c2)cc1. The Bertz CT molecular complexity index is 2360. The van der Waals surface area contributed by atoms with Gasteiger partial charge in [0.25, 0.3) is 5.91 Å². The van der Waals surface area contributed by atoms with Crippen molar-refractivity contribution in [3.63, 3.8) is 0 Å². The first-order valence-corrected chi connectivity index (χ1v) is 20.4. The molecule has 0 heterocycles. The van der Waals surface area contributed by atoms with Gasteiger partial charge in [-0.3, -0.25) is 29.0 Å². The average molecular weight is 923 g/mol. The number of benzene rings is 6. The summed E-state index contributed by atoms with van der Waals surface area (Å²) in [6.45, 7) is 0.289. The summed E-state index contributed by atoms with van der Waals surface area (Å²) in [6.07, 6.45) is 2.28. The molecule has 65 heavy (non-hydrogen) atoms. The number of carboxylic acid groups (broad SMARTS) is 1. The highest BCUT2D eigenvalue weighted by Gasteiger charge is 2.10. The molecule has 6 aromatic rings. The number of hydrogen-bond acceptors (Lipinski definition) is 15. The summed E-state index contributed by atoms with van der Waals surface area (Å²) in [7, 11) is 0. The van der Waals surface area contributed by atoms with Gasteiger partial charge >= 0.3 is 5.97 Å². The predicted molar refractivity (Wildman–Crippen MR) is 247 cm³/mol. The molecule has 0 fully saturated rings. The summed E-state index contributed by atoms with van der Waals surface area (Å²) in [6, 6.07) is 38.1. The van der Waals surface area contributed by atoms with Crippen LogP contribution in [0.2, 0.25) is 0 Å². The van der Waals surface area contributed by atoms with Gasteiger partial charge in [-0.2, -0.15) is 0 Å². The minimum atomic E-state index is -1.08. The third-order valence-electron chi connectivity index (χ3n) is 8.69. The van der Waals surface area contributed by atoms with Crippen LogP contribution in [0.15, 0.2) is 133 Å². The number of nitrogens with one attached hydrogen (secondary N) is 1. The van der Waals surface area contributed by atoms with E-state index in [1.165, 1.54) is 0 Å². The monoisotopic (exact) mass is 922 g/mol. The standard InChI is InChI=1S/C24H23NO6S.C24H20O7.H3NS/c26-12-17-1-5-21(6-2-17)29-14-19-9-20(11-23(10-19)31-16-24(28)25-32)15-30-22-7-3-18(13-27)4-8-22;25-12-17-1-5-21(6-2-17)29-14-19-9-20(11-23(10-19)31-16-24(27)28)15-30-22-7-3-18(13-26)4-8-22;1-2/h1-12,27,32H,13-16H2,(H,25,28);1-13H,14-16H2,(H,27,28);2H,1H2. The summed E-state index contributed by atoms with van der Waals surface area (Å²) in [5, 5.41) is 22.2. The number of carbonyl (C=O) groups excluding carboxylic acids is 4. The Morgan fingerprint density at radius 2 is 0.769 bits per heavy atom. The normalized spacial score (nSPS) is 10.0. The fourth-order valence-electron chi connectivity index (χ4n) is 5.57. The van der Waals surface area contributed by atoms with E-state index in [1.807, 2.05) is 12.1 Å². The second-order valence-electron chi connectivity index (χ2n) is 13.5. The molecule has 1 amide bonds. The van der Waals surface area contributed by atoms with Crippen LogP contribution in [-0.4, -0.2) is 54.2 Å². The van der Waals surface area contributed by atoms with Crippen molar-refractivity contribution in [2.45, 2.75) is 33.0 Å². The molecule has 0 saturated heterocycles. The summed E-state index contributed by atoms with van der Waals surface area (Å²) >= 11 is 6.75. The van der Waals surface area contributed by atoms with Gasteiger partial charge in [-0.05, 0) is 149 Å². The van der Waals surface area contributed by atoms with Crippen molar-refractivity contribution >= 4 is 56.4 Å². The molecule has 0 radical (unpaired) electrons. The lowest BCUT2D eigenvalue weighted by Gasteiger charge is -2.13. The maximum atomic E-state index is 11.5. The van der Waals surface area contributed by atoms with E-state index in [2.05, 4.69) is 35.5 Å². The van der Waals surface area contributed by atoms with Gasteiger partial charge in [0.15, 0.2) is 13.2 Å². The number of carboxylic acids is 1. The average Bonchev–Trinajstić information content (AvgIpc) is 3.36. The molecule has 17 heteroatoms. The number of hydrogen-bond donors (Lipinski definition) is 6. The maximum Gasteiger partial charge on any atom is 0.341 e. The van der Waals surface area contributed by atoms with Gasteiger partial charge < -0.3 is 38.6 Å². The molecule has 0 unspecified atom stereocenters. The molecule has 0 atom stereocenters. The van der Waals surface area contributed by atoms with Crippen molar-refractivity contribution in [1.29, 1.82) is 0 Å². The first-order chi connectivity index (χ1) is 31.6. The quantitative estimate of drug-likeness (QED) is 0.0293. The first kappa shape index (κ1) is 50.3. The summed E-state index contributed by atoms with van der Waals surface area (Å²) in [5.74, 6) is 1.90. The Morgan fingerprint density at radius 1 is 0.462 bits per heavy atom. The zero-order valence-corrected chi connectivity index (χ0v) is 36.5. The van der Waals surface area contributed by atoms with E-state index in [4.69, 9.17) is 38.6 Å². The molecule has 0 aromatic heterocycles. The Hall–Kier alpha value is -7.31. The molecular formula is C48H46N2O13S2. The molecule has 0 bridgehead atoms. The number of aliphatic carboxylic acids is 1. The maximum absolute atomic E-state index is 11.5. The van der Waals surface area contributed by atoms with Gasteiger partial charge in [-0.1, -0.05) is 24.9 Å². The van der Waals surface area contributed by atoms with Gasteiger partial charge in [0, 0.05) is 16.7 Å². The van der Waals surface area contributed by atoms with E-state index in [-0.39, 0.29) is 45.5 Å². The minimum Gasteiger partial charge on any atom is -0.489 e. The van der Waals surface area contributed by atoms with Crippen LogP contribution in [0.25, 0.3) is 0 Å². The number of rotatable bonds is 22. The van der Waals surface area contributed by atoms with Crippen LogP contribution in [0.5, 0.6) is 34.5 Å². The van der Waals surface area contributed by atoms with Crippen LogP contribution in [0, 0.1) is 0 Å². The number of thiol groups is 2. The van der Waals surface area contributed by atoms with E-state index in [0.717, 1.165) is 46.7 Å². The number of ether oxygens (including phenoxy) is 6. The number of aldehydes is 3. The van der Waals surface area contributed by atoms with Crippen molar-refractivity contribution in [2.75, 3.05) is 13.2 Å². The second kappa shape index (κ2) is 27.7. The number of nitrogens with two attached hydrogens (primary N) is 1. The minimum absolute atomic E-state index is 0.0270. The van der Waals surface area contributed by atoms with Crippen LogP contribution in [0.3, 0.4) is 0 Å². The summed E-state index contributed by atoms with van der Waals surface area (Å²) in [5.41, 5.74) is 5.65. The van der Waals surface area contributed by atoms with Gasteiger partial charge in [0.2, 0.25) is 0 Å². The molecule has 0 aliphatic heterocycles. The highest BCUT2D eigenvalue weighted by atomic mass is 32.1. The van der Waals surface area contributed by atoms with Crippen LogP contribution >= 0.6 is 25.6 Å². The lowest BCUT2D eigenvalue weighted by Crippen LogP contribution is -2.21. The van der Waals surface area contributed by atoms with Crippen LogP contribution in [0.4, 0.5) is 0 Å². The fraction of sp³-hybridized carbons (Fsp3) is 0.146. The van der Waals surface area contributed by atoms with Crippen molar-refractivity contribution in [3.05, 3.63) is 178 Å². The van der Waals surface area contributed by atoms with E-state index < -0.39 is 12.6 Å². The lowest BCUT2D eigenvalue weighted by atomic mass is 10.1. The number of amides is 1. The van der Waals surface area contributed by atoms with Gasteiger partial charge in [0.05, 0.1) is 6.61 Å². The third-order valence-corrected chi connectivity index (χ3v) is 8.94. The fourth-order valence-corrected chi connectivity index (χ4v) is 5.63. The molecule has 0 aliphatic rings. The predicted octanol–water partition coefficient (Wildman–Crippen LogP) is 7.21. The Kier molecular flexibility index (Phi) is 21.4. The highest BCUT2D eigenvalue weighted by molar-refractivity contribution is 7.78. The Labute approximate surface area is 386 Å². The Balaban J connectivity index is 0.000000274. The molecule has 5 N–H and O–H groups in total.